The van der Waals surface area contributed by atoms with Crippen molar-refractivity contribution in [3.63, 3.8) is 0 Å². The van der Waals surface area contributed by atoms with Crippen LogP contribution in [0.2, 0.25) is 0 Å². The molecule has 0 aliphatic carbocycles. The summed E-state index contributed by atoms with van der Waals surface area (Å²) in [6.07, 6.45) is 5.22. The molecule has 1 saturated heterocycles. The van der Waals surface area contributed by atoms with Gasteiger partial charge in [0.15, 0.2) is 0 Å². The van der Waals surface area contributed by atoms with Crippen molar-refractivity contribution in [2.24, 2.45) is 10.1 Å². The molecule has 4 rings (SSSR count). The Kier molecular flexibility index (Phi) is 6.34. The second-order valence-electron chi connectivity index (χ2n) is 7.01. The predicted octanol–water partition coefficient (Wildman–Crippen LogP) is 4.75. The Bertz CT molecular complexity index is 906. The Morgan fingerprint density at radius 2 is 1.93 bits per heavy atom. The van der Waals surface area contributed by atoms with E-state index in [0.29, 0.717) is 5.13 Å². The van der Waals surface area contributed by atoms with Crippen molar-refractivity contribution in [3.8, 4) is 5.75 Å². The number of phenolic OH excluding ortho intramolecular Hbond substituents is 1. The first-order chi connectivity index (χ1) is 14.2. The van der Waals surface area contributed by atoms with Gasteiger partial charge in [-0.3, -0.25) is 0 Å². The minimum absolute atomic E-state index is 0.148. The second-order valence-corrected chi connectivity index (χ2v) is 9.21. The van der Waals surface area contributed by atoms with Gasteiger partial charge in [-0.15, -0.1) is 10.2 Å². The summed E-state index contributed by atoms with van der Waals surface area (Å²) in [5.74, 6) is 1.08. The number of aryl methyl sites for hydroxylation is 1. The van der Waals surface area contributed by atoms with Gasteiger partial charge in [0.25, 0.3) is 0 Å². The lowest BCUT2D eigenvalue weighted by Gasteiger charge is -2.35. The number of phenols is 1. The van der Waals surface area contributed by atoms with Crippen molar-refractivity contribution in [1.29, 1.82) is 0 Å². The fraction of sp³-hybridized carbons (Fsp3) is 0.500. The van der Waals surface area contributed by atoms with Crippen LogP contribution in [-0.4, -0.2) is 49.3 Å². The first-order valence-electron chi connectivity index (χ1n) is 10.2. The standard InChI is InChI=1S/C20H26N6OS2/c1-3-16-22-23-19(29-16)21-20(25-12-8-5-9-13-25)26-18(28-17(4-2)24-26)14-10-6-7-11-15(14)27/h6-7,10-11,18,27H,3-5,8-9,12-13H2,1-2H3/b21-20+/t18-/m1/s1. The van der Waals surface area contributed by atoms with Crippen molar-refractivity contribution in [1.82, 2.24) is 20.1 Å². The van der Waals surface area contributed by atoms with Crippen LogP contribution >= 0.6 is 23.1 Å². The van der Waals surface area contributed by atoms with Gasteiger partial charge in [0.2, 0.25) is 11.1 Å². The van der Waals surface area contributed by atoms with Crippen molar-refractivity contribution in [2.75, 3.05) is 13.1 Å². The smallest absolute Gasteiger partial charge is 0.234 e. The minimum Gasteiger partial charge on any atom is -0.508 e. The van der Waals surface area contributed by atoms with Crippen LogP contribution in [0.4, 0.5) is 5.13 Å². The van der Waals surface area contributed by atoms with Gasteiger partial charge in [-0.2, -0.15) is 10.1 Å². The molecule has 1 fully saturated rings. The summed E-state index contributed by atoms with van der Waals surface area (Å²) in [5, 5.41) is 28.4. The largest absolute Gasteiger partial charge is 0.508 e. The van der Waals surface area contributed by atoms with Crippen LogP contribution in [0, 0.1) is 0 Å². The molecule has 0 bridgehead atoms. The average molecular weight is 431 g/mol. The summed E-state index contributed by atoms with van der Waals surface area (Å²) in [5.41, 5.74) is 0.848. The van der Waals surface area contributed by atoms with E-state index >= 15 is 0 Å². The lowest BCUT2D eigenvalue weighted by atomic mass is 10.1. The molecule has 154 valence electrons. The van der Waals surface area contributed by atoms with Crippen molar-refractivity contribution >= 4 is 39.2 Å². The molecule has 7 nitrogen and oxygen atoms in total. The summed E-state index contributed by atoms with van der Waals surface area (Å²) < 4.78 is 0. The van der Waals surface area contributed by atoms with E-state index in [9.17, 15) is 5.11 Å². The van der Waals surface area contributed by atoms with E-state index in [-0.39, 0.29) is 11.1 Å². The van der Waals surface area contributed by atoms with Crippen LogP contribution in [0.5, 0.6) is 5.75 Å². The summed E-state index contributed by atoms with van der Waals surface area (Å²) in [7, 11) is 0. The molecule has 2 aliphatic rings. The SMILES string of the molecule is CCC1=NN(/C(=N/c2nnc(CC)s2)N2CCCCC2)[C@@H](c2ccccc2O)S1. The number of aromatic nitrogens is 2. The molecule has 2 aromatic rings. The highest BCUT2D eigenvalue weighted by Gasteiger charge is 2.36. The number of aromatic hydroxyl groups is 1. The van der Waals surface area contributed by atoms with Crippen LogP contribution in [0.1, 0.15) is 55.5 Å². The van der Waals surface area contributed by atoms with E-state index in [1.807, 2.05) is 23.2 Å². The molecule has 1 N–H and O–H groups in total. The van der Waals surface area contributed by atoms with Crippen LogP contribution in [0.25, 0.3) is 0 Å². The first-order valence-corrected chi connectivity index (χ1v) is 11.9. The Morgan fingerprint density at radius 3 is 2.62 bits per heavy atom. The number of hydrazone groups is 1. The Labute approximate surface area is 179 Å². The molecule has 0 amide bonds. The highest BCUT2D eigenvalue weighted by molar-refractivity contribution is 8.14. The number of rotatable bonds is 4. The van der Waals surface area contributed by atoms with Crippen molar-refractivity contribution in [2.45, 2.75) is 51.3 Å². The van der Waals surface area contributed by atoms with E-state index in [1.54, 1.807) is 17.8 Å². The number of aliphatic imine (C=N–C) groups is 1. The van der Waals surface area contributed by atoms with Crippen LogP contribution in [-0.2, 0) is 6.42 Å². The number of piperidine rings is 1. The fourth-order valence-electron chi connectivity index (χ4n) is 3.45. The quantitative estimate of drug-likeness (QED) is 0.557. The molecule has 2 aliphatic heterocycles. The third-order valence-corrected chi connectivity index (χ3v) is 7.27. The van der Waals surface area contributed by atoms with Crippen molar-refractivity contribution < 1.29 is 5.11 Å². The summed E-state index contributed by atoms with van der Waals surface area (Å²) in [6.45, 7) is 6.07. The highest BCUT2D eigenvalue weighted by Crippen LogP contribution is 2.44. The topological polar surface area (TPSA) is 77.2 Å². The molecule has 1 atom stereocenters. The van der Waals surface area contributed by atoms with Gasteiger partial charge in [-0.25, -0.2) is 5.01 Å². The highest BCUT2D eigenvalue weighted by atomic mass is 32.2. The molecule has 9 heteroatoms. The molecule has 0 unspecified atom stereocenters. The van der Waals surface area contributed by atoms with Crippen molar-refractivity contribution in [3.05, 3.63) is 34.8 Å². The maximum atomic E-state index is 10.5. The van der Waals surface area contributed by atoms with Gasteiger partial charge in [0.05, 0.1) is 5.04 Å². The molecular formula is C20H26N6OS2. The Balaban J connectivity index is 1.75. The molecule has 29 heavy (non-hydrogen) atoms. The van der Waals surface area contributed by atoms with Gasteiger partial charge in [-0.1, -0.05) is 55.1 Å². The van der Waals surface area contributed by atoms with Gasteiger partial charge < -0.3 is 10.0 Å². The van der Waals surface area contributed by atoms with Gasteiger partial charge >= 0.3 is 0 Å². The number of thioether (sulfide) groups is 1. The fourth-order valence-corrected chi connectivity index (χ4v) is 5.22. The maximum Gasteiger partial charge on any atom is 0.234 e. The number of para-hydroxylation sites is 1. The van der Waals surface area contributed by atoms with E-state index in [4.69, 9.17) is 10.1 Å². The van der Waals surface area contributed by atoms with Gasteiger partial charge in [0, 0.05) is 18.7 Å². The first kappa shape index (κ1) is 20.2. The number of likely N-dealkylation sites (tertiary alicyclic amines) is 1. The van der Waals surface area contributed by atoms with Gasteiger partial charge in [-0.05, 0) is 38.2 Å². The second kappa shape index (κ2) is 9.13. The van der Waals surface area contributed by atoms with E-state index in [0.717, 1.165) is 60.3 Å². The maximum absolute atomic E-state index is 10.5. The molecule has 1 aromatic heterocycles. The number of guanidine groups is 1. The molecule has 0 radical (unpaired) electrons. The number of hydrogen-bond donors (Lipinski definition) is 1. The monoisotopic (exact) mass is 430 g/mol. The predicted molar refractivity (Wildman–Crippen MR) is 120 cm³/mol. The van der Waals surface area contributed by atoms with Crippen LogP contribution in [0.3, 0.4) is 0 Å². The molecule has 3 heterocycles. The molecule has 1 aromatic carbocycles. The summed E-state index contributed by atoms with van der Waals surface area (Å²) in [4.78, 5) is 7.22. The Morgan fingerprint density at radius 1 is 1.14 bits per heavy atom. The zero-order chi connectivity index (χ0) is 20.2. The number of hydrogen-bond acceptors (Lipinski definition) is 7. The van der Waals surface area contributed by atoms with Gasteiger partial charge in [0.1, 0.15) is 16.1 Å². The average Bonchev–Trinajstić information content (AvgIpc) is 3.39. The third-order valence-electron chi connectivity index (χ3n) is 4.99. The lowest BCUT2D eigenvalue weighted by Crippen LogP contribution is -2.44. The molecule has 0 saturated carbocycles. The zero-order valence-corrected chi connectivity index (χ0v) is 18.4. The van der Waals surface area contributed by atoms with E-state index in [1.165, 1.54) is 17.8 Å². The minimum atomic E-state index is -0.148. The number of nitrogens with zero attached hydrogens (tertiary/aromatic N) is 6. The zero-order valence-electron chi connectivity index (χ0n) is 16.8. The Hall–Kier alpha value is -2.13. The van der Waals surface area contributed by atoms with E-state index in [2.05, 4.69) is 28.9 Å². The lowest BCUT2D eigenvalue weighted by molar-refractivity contribution is 0.280. The summed E-state index contributed by atoms with van der Waals surface area (Å²) in [6, 6.07) is 7.49. The van der Waals surface area contributed by atoms with Crippen LogP contribution in [0.15, 0.2) is 34.4 Å². The normalized spacial score (nSPS) is 20.3. The van der Waals surface area contributed by atoms with Crippen LogP contribution < -0.4 is 0 Å². The molecular weight excluding hydrogens is 404 g/mol. The molecule has 0 spiro atoms. The van der Waals surface area contributed by atoms with E-state index < -0.39 is 0 Å². The summed E-state index contributed by atoms with van der Waals surface area (Å²) >= 11 is 3.20. The third kappa shape index (κ3) is 4.40. The number of benzene rings is 1.